The van der Waals surface area contributed by atoms with Crippen molar-refractivity contribution in [3.8, 4) is 0 Å². The van der Waals surface area contributed by atoms with Gasteiger partial charge < -0.3 is 10.2 Å². The number of benzene rings is 3. The molecule has 2 amide bonds. The number of nitrogens with zero attached hydrogens (tertiary/aromatic N) is 2. The first-order valence-corrected chi connectivity index (χ1v) is 15.4. The molecule has 40 heavy (non-hydrogen) atoms. The van der Waals surface area contributed by atoms with Crippen molar-refractivity contribution in [2.45, 2.75) is 76.4 Å². The minimum atomic E-state index is -4.06. The fraction of sp³-hybridized carbons (Fsp3) is 0.375. The molecule has 0 aromatic heterocycles. The second kappa shape index (κ2) is 13.1. The number of carbonyl (C=O) groups is 2. The maximum atomic E-state index is 14.0. The van der Waals surface area contributed by atoms with E-state index in [1.165, 1.54) is 23.5 Å². The van der Waals surface area contributed by atoms with Crippen LogP contribution in [0.2, 0.25) is 0 Å². The van der Waals surface area contributed by atoms with Gasteiger partial charge in [-0.3, -0.25) is 13.9 Å². The molecule has 0 bridgehead atoms. The zero-order valence-corrected chi connectivity index (χ0v) is 24.4. The Hall–Kier alpha value is -3.65. The van der Waals surface area contributed by atoms with E-state index in [-0.39, 0.29) is 23.4 Å². The molecule has 4 rings (SSSR count). The van der Waals surface area contributed by atoms with Gasteiger partial charge in [-0.2, -0.15) is 0 Å². The standard InChI is InChI=1S/C32H39N3O4S/c1-24-17-19-29(20-18-24)35(40(38,39)30-15-8-5-9-16-30)23-31(36)34(22-27-12-10-11-25(2)21-27)26(3)32(37)33-28-13-6-4-7-14-28/h5,8-12,15-21,26,28H,4,6-7,13-14,22-23H2,1-3H3,(H,33,37). The lowest BCUT2D eigenvalue weighted by atomic mass is 9.95. The third-order valence-corrected chi connectivity index (χ3v) is 9.27. The highest BCUT2D eigenvalue weighted by atomic mass is 32.2. The van der Waals surface area contributed by atoms with E-state index >= 15 is 0 Å². The minimum Gasteiger partial charge on any atom is -0.352 e. The smallest absolute Gasteiger partial charge is 0.264 e. The van der Waals surface area contributed by atoms with Crippen LogP contribution in [0.1, 0.15) is 55.7 Å². The zero-order valence-electron chi connectivity index (χ0n) is 23.5. The van der Waals surface area contributed by atoms with E-state index in [9.17, 15) is 18.0 Å². The molecule has 1 N–H and O–H groups in total. The van der Waals surface area contributed by atoms with Gasteiger partial charge in [-0.1, -0.05) is 85.0 Å². The van der Waals surface area contributed by atoms with Crippen LogP contribution < -0.4 is 9.62 Å². The van der Waals surface area contributed by atoms with Crippen LogP contribution in [0, 0.1) is 13.8 Å². The zero-order chi connectivity index (χ0) is 28.7. The number of hydrogen-bond donors (Lipinski definition) is 1. The molecular formula is C32H39N3O4S. The molecule has 1 aliphatic rings. The lowest BCUT2D eigenvalue weighted by Gasteiger charge is -2.33. The molecule has 7 nitrogen and oxygen atoms in total. The van der Waals surface area contributed by atoms with Crippen molar-refractivity contribution in [2.24, 2.45) is 0 Å². The molecule has 0 saturated heterocycles. The van der Waals surface area contributed by atoms with Crippen LogP contribution in [-0.2, 0) is 26.2 Å². The summed E-state index contributed by atoms with van der Waals surface area (Å²) in [7, 11) is -4.06. The van der Waals surface area contributed by atoms with Crippen LogP contribution >= 0.6 is 0 Å². The largest absolute Gasteiger partial charge is 0.352 e. The van der Waals surface area contributed by atoms with Crippen molar-refractivity contribution in [1.29, 1.82) is 0 Å². The van der Waals surface area contributed by atoms with E-state index < -0.39 is 28.5 Å². The van der Waals surface area contributed by atoms with Gasteiger partial charge in [-0.15, -0.1) is 0 Å². The number of rotatable bonds is 10. The maximum absolute atomic E-state index is 14.0. The number of amides is 2. The van der Waals surface area contributed by atoms with Gasteiger partial charge in [-0.25, -0.2) is 8.42 Å². The molecule has 0 radical (unpaired) electrons. The van der Waals surface area contributed by atoms with Gasteiger partial charge in [-0.05, 0) is 63.4 Å². The first-order chi connectivity index (χ1) is 19.1. The molecule has 0 heterocycles. The molecule has 3 aromatic carbocycles. The number of nitrogens with one attached hydrogen (secondary N) is 1. The highest BCUT2D eigenvalue weighted by molar-refractivity contribution is 7.92. The monoisotopic (exact) mass is 561 g/mol. The Bertz CT molecular complexity index is 1400. The van der Waals surface area contributed by atoms with Crippen LogP contribution in [0.4, 0.5) is 5.69 Å². The molecule has 1 aliphatic carbocycles. The van der Waals surface area contributed by atoms with Crippen LogP contribution in [0.15, 0.2) is 83.8 Å². The molecule has 0 aliphatic heterocycles. The summed E-state index contributed by atoms with van der Waals surface area (Å²) >= 11 is 0. The topological polar surface area (TPSA) is 86.8 Å². The predicted molar refractivity (Wildman–Crippen MR) is 158 cm³/mol. The fourth-order valence-electron chi connectivity index (χ4n) is 5.12. The quantitative estimate of drug-likeness (QED) is 0.361. The van der Waals surface area contributed by atoms with Gasteiger partial charge in [0.05, 0.1) is 10.6 Å². The minimum absolute atomic E-state index is 0.0942. The SMILES string of the molecule is Cc1ccc(N(CC(=O)N(Cc2cccc(C)c2)C(C)C(=O)NC2CCCCC2)S(=O)(=O)c2ccccc2)cc1. The average molecular weight is 562 g/mol. The molecule has 3 aromatic rings. The summed E-state index contributed by atoms with van der Waals surface area (Å²) in [6.07, 6.45) is 5.19. The summed E-state index contributed by atoms with van der Waals surface area (Å²) < 4.78 is 28.8. The van der Waals surface area contributed by atoms with Crippen molar-refractivity contribution in [3.63, 3.8) is 0 Å². The molecule has 212 valence electrons. The summed E-state index contributed by atoms with van der Waals surface area (Å²) in [5, 5.41) is 3.13. The third kappa shape index (κ3) is 7.30. The Morgan fingerprint density at radius 3 is 2.20 bits per heavy atom. The molecule has 1 fully saturated rings. The maximum Gasteiger partial charge on any atom is 0.264 e. The molecular weight excluding hydrogens is 522 g/mol. The summed E-state index contributed by atoms with van der Waals surface area (Å²) in [4.78, 5) is 29.0. The lowest BCUT2D eigenvalue weighted by Crippen LogP contribution is -2.53. The Kier molecular flexibility index (Phi) is 9.63. The first-order valence-electron chi connectivity index (χ1n) is 13.9. The van der Waals surface area contributed by atoms with Gasteiger partial charge in [0.1, 0.15) is 12.6 Å². The third-order valence-electron chi connectivity index (χ3n) is 7.49. The van der Waals surface area contributed by atoms with Gasteiger partial charge in [0.2, 0.25) is 11.8 Å². The van der Waals surface area contributed by atoms with Crippen molar-refractivity contribution in [2.75, 3.05) is 10.8 Å². The summed E-state index contributed by atoms with van der Waals surface area (Å²) in [5.74, 6) is -0.673. The second-order valence-corrected chi connectivity index (χ2v) is 12.6. The van der Waals surface area contributed by atoms with Gasteiger partial charge in [0.25, 0.3) is 10.0 Å². The Balaban J connectivity index is 1.66. The molecule has 0 spiro atoms. The van der Waals surface area contributed by atoms with E-state index in [4.69, 9.17) is 0 Å². The molecule has 1 atom stereocenters. The van der Waals surface area contributed by atoms with Crippen molar-refractivity contribution in [1.82, 2.24) is 10.2 Å². The van der Waals surface area contributed by atoms with E-state index in [1.807, 2.05) is 50.2 Å². The Morgan fingerprint density at radius 1 is 0.875 bits per heavy atom. The summed E-state index contributed by atoms with van der Waals surface area (Å²) in [6.45, 7) is 5.36. The number of hydrogen-bond acceptors (Lipinski definition) is 4. The van der Waals surface area contributed by atoms with E-state index in [0.717, 1.165) is 46.7 Å². The Morgan fingerprint density at radius 2 is 1.55 bits per heavy atom. The van der Waals surface area contributed by atoms with Gasteiger partial charge in [0.15, 0.2) is 0 Å². The van der Waals surface area contributed by atoms with Crippen LogP contribution in [0.5, 0.6) is 0 Å². The van der Waals surface area contributed by atoms with Crippen molar-refractivity contribution >= 4 is 27.5 Å². The predicted octanol–water partition coefficient (Wildman–Crippen LogP) is 5.36. The summed E-state index contributed by atoms with van der Waals surface area (Å²) in [5.41, 5.74) is 3.27. The van der Waals surface area contributed by atoms with Crippen molar-refractivity contribution in [3.05, 3.63) is 95.6 Å². The van der Waals surface area contributed by atoms with E-state index in [2.05, 4.69) is 5.32 Å². The van der Waals surface area contributed by atoms with E-state index in [1.54, 1.807) is 37.3 Å². The Labute approximate surface area is 238 Å². The second-order valence-electron chi connectivity index (χ2n) is 10.7. The number of aryl methyl sites for hydroxylation is 2. The lowest BCUT2D eigenvalue weighted by molar-refractivity contribution is -0.139. The van der Waals surface area contributed by atoms with Crippen LogP contribution in [0.25, 0.3) is 0 Å². The van der Waals surface area contributed by atoms with E-state index in [0.29, 0.717) is 5.69 Å². The molecule has 1 unspecified atom stereocenters. The van der Waals surface area contributed by atoms with Crippen LogP contribution in [0.3, 0.4) is 0 Å². The average Bonchev–Trinajstić information content (AvgIpc) is 2.95. The fourth-order valence-corrected chi connectivity index (χ4v) is 6.55. The van der Waals surface area contributed by atoms with Gasteiger partial charge in [0, 0.05) is 12.6 Å². The molecule has 8 heteroatoms. The highest BCUT2D eigenvalue weighted by Gasteiger charge is 2.33. The molecule has 1 saturated carbocycles. The number of anilines is 1. The van der Waals surface area contributed by atoms with Crippen LogP contribution in [-0.4, -0.2) is 43.8 Å². The van der Waals surface area contributed by atoms with Gasteiger partial charge >= 0.3 is 0 Å². The summed E-state index contributed by atoms with van der Waals surface area (Å²) in [6, 6.07) is 22.2. The van der Waals surface area contributed by atoms with Crippen molar-refractivity contribution < 1.29 is 18.0 Å². The number of sulfonamides is 1. The first kappa shape index (κ1) is 29.3. The highest BCUT2D eigenvalue weighted by Crippen LogP contribution is 2.25. The number of carbonyl (C=O) groups excluding carboxylic acids is 2. The normalized spacial score (nSPS) is 14.8.